The molecule has 1 aromatic carbocycles. The van der Waals surface area contributed by atoms with Gasteiger partial charge in [-0.25, -0.2) is 0 Å². The molecule has 0 aliphatic heterocycles. The third-order valence-corrected chi connectivity index (χ3v) is 3.71. The molecular weight excluding hydrogens is 275 g/mol. The lowest BCUT2D eigenvalue weighted by Gasteiger charge is -2.16. The molecule has 0 aromatic heterocycles. The second-order valence-electron chi connectivity index (χ2n) is 3.82. The van der Waals surface area contributed by atoms with Gasteiger partial charge in [0.2, 0.25) is 0 Å². The van der Waals surface area contributed by atoms with E-state index in [0.717, 1.165) is 17.2 Å². The first kappa shape index (κ1) is 12.9. The molecular formula is C12H16BrClO. The lowest BCUT2D eigenvalue weighted by Crippen LogP contribution is -2.10. The highest BCUT2D eigenvalue weighted by Crippen LogP contribution is 2.27. The van der Waals surface area contributed by atoms with Gasteiger partial charge in [-0.1, -0.05) is 41.4 Å². The van der Waals surface area contributed by atoms with Crippen molar-refractivity contribution in [2.45, 2.75) is 25.1 Å². The molecule has 2 unspecified atom stereocenters. The van der Waals surface area contributed by atoms with Crippen LogP contribution in [0, 0.1) is 5.92 Å². The quantitative estimate of drug-likeness (QED) is 0.751. The third-order valence-electron chi connectivity index (χ3n) is 2.57. The van der Waals surface area contributed by atoms with Crippen molar-refractivity contribution in [2.75, 3.05) is 7.11 Å². The third kappa shape index (κ3) is 3.69. The van der Waals surface area contributed by atoms with E-state index in [1.165, 1.54) is 5.56 Å². The van der Waals surface area contributed by atoms with Crippen LogP contribution in [-0.2, 0) is 6.42 Å². The summed E-state index contributed by atoms with van der Waals surface area (Å²) in [5, 5.41) is 0.764. The van der Waals surface area contributed by atoms with E-state index in [9.17, 15) is 0 Å². The van der Waals surface area contributed by atoms with Gasteiger partial charge in [0.1, 0.15) is 5.75 Å². The Kier molecular flexibility index (Phi) is 4.94. The zero-order valence-electron chi connectivity index (χ0n) is 9.26. The Bertz CT molecular complexity index is 325. The molecule has 1 rings (SSSR count). The van der Waals surface area contributed by atoms with Crippen LogP contribution in [-0.4, -0.2) is 11.9 Å². The normalized spacial score (nSPS) is 14.7. The summed E-state index contributed by atoms with van der Waals surface area (Å²) in [7, 11) is 1.69. The number of benzene rings is 1. The van der Waals surface area contributed by atoms with Crippen LogP contribution in [0.15, 0.2) is 18.2 Å². The molecule has 84 valence electrons. The monoisotopic (exact) mass is 290 g/mol. The number of methoxy groups -OCH3 is 1. The Morgan fingerprint density at radius 3 is 2.60 bits per heavy atom. The molecule has 0 radical (unpaired) electrons. The predicted molar refractivity (Wildman–Crippen MR) is 69.3 cm³/mol. The van der Waals surface area contributed by atoms with Crippen LogP contribution in [0.25, 0.3) is 0 Å². The minimum Gasteiger partial charge on any atom is -0.496 e. The highest BCUT2D eigenvalue weighted by molar-refractivity contribution is 9.09. The molecule has 0 saturated carbocycles. The van der Waals surface area contributed by atoms with Crippen molar-refractivity contribution in [3.05, 3.63) is 28.8 Å². The van der Waals surface area contributed by atoms with Gasteiger partial charge in [-0.3, -0.25) is 0 Å². The van der Waals surface area contributed by atoms with Gasteiger partial charge in [0, 0.05) is 9.85 Å². The summed E-state index contributed by atoms with van der Waals surface area (Å²) in [5.74, 6) is 1.47. The van der Waals surface area contributed by atoms with E-state index in [4.69, 9.17) is 16.3 Å². The van der Waals surface area contributed by atoms with Crippen molar-refractivity contribution >= 4 is 27.5 Å². The Morgan fingerprint density at radius 1 is 1.40 bits per heavy atom. The van der Waals surface area contributed by atoms with Crippen molar-refractivity contribution in [3.63, 3.8) is 0 Å². The maximum absolute atomic E-state index is 5.97. The van der Waals surface area contributed by atoms with Crippen LogP contribution in [0.5, 0.6) is 5.75 Å². The van der Waals surface area contributed by atoms with Gasteiger partial charge in [-0.05, 0) is 36.1 Å². The summed E-state index contributed by atoms with van der Waals surface area (Å²) in [4.78, 5) is 0.487. The number of ether oxygens (including phenoxy) is 1. The van der Waals surface area contributed by atoms with E-state index in [0.29, 0.717) is 10.7 Å². The van der Waals surface area contributed by atoms with Crippen LogP contribution >= 0.6 is 27.5 Å². The Labute approximate surface area is 105 Å². The minimum absolute atomic E-state index is 0.487. The maximum atomic E-state index is 5.97. The standard InChI is InChI=1S/C12H16BrClO/c1-8(9(2)13)6-10-7-11(14)4-5-12(10)15-3/h4-5,7-9H,6H2,1-3H3. The number of hydrogen-bond donors (Lipinski definition) is 0. The highest BCUT2D eigenvalue weighted by atomic mass is 79.9. The van der Waals surface area contributed by atoms with E-state index in [1.807, 2.05) is 18.2 Å². The average molecular weight is 292 g/mol. The summed E-state index contributed by atoms with van der Waals surface area (Å²) in [6, 6.07) is 5.75. The summed E-state index contributed by atoms with van der Waals surface area (Å²) >= 11 is 9.56. The van der Waals surface area contributed by atoms with Crippen molar-refractivity contribution in [2.24, 2.45) is 5.92 Å². The van der Waals surface area contributed by atoms with Gasteiger partial charge in [0.05, 0.1) is 7.11 Å². The van der Waals surface area contributed by atoms with E-state index in [2.05, 4.69) is 29.8 Å². The number of rotatable bonds is 4. The highest BCUT2D eigenvalue weighted by Gasteiger charge is 2.12. The topological polar surface area (TPSA) is 9.23 Å². The molecule has 0 amide bonds. The van der Waals surface area contributed by atoms with Gasteiger partial charge in [0.25, 0.3) is 0 Å². The molecule has 3 heteroatoms. The summed E-state index contributed by atoms with van der Waals surface area (Å²) in [6.45, 7) is 4.36. The Balaban J connectivity index is 2.87. The number of halogens is 2. The van der Waals surface area contributed by atoms with Crippen LogP contribution in [0.2, 0.25) is 5.02 Å². The van der Waals surface area contributed by atoms with Gasteiger partial charge in [-0.2, -0.15) is 0 Å². The Morgan fingerprint density at radius 2 is 2.07 bits per heavy atom. The molecule has 0 saturated heterocycles. The van der Waals surface area contributed by atoms with Crippen molar-refractivity contribution in [1.82, 2.24) is 0 Å². The first-order valence-electron chi connectivity index (χ1n) is 5.01. The summed E-state index contributed by atoms with van der Waals surface area (Å²) in [5.41, 5.74) is 1.17. The molecule has 0 aliphatic rings. The van der Waals surface area contributed by atoms with Crippen LogP contribution < -0.4 is 4.74 Å². The fraction of sp³-hybridized carbons (Fsp3) is 0.500. The zero-order valence-corrected chi connectivity index (χ0v) is 11.6. The first-order chi connectivity index (χ1) is 7.04. The van der Waals surface area contributed by atoms with E-state index in [-0.39, 0.29) is 0 Å². The maximum Gasteiger partial charge on any atom is 0.122 e. The SMILES string of the molecule is COc1ccc(Cl)cc1CC(C)C(C)Br. The first-order valence-corrected chi connectivity index (χ1v) is 6.30. The van der Waals surface area contributed by atoms with Gasteiger partial charge < -0.3 is 4.74 Å². The molecule has 2 atom stereocenters. The fourth-order valence-corrected chi connectivity index (χ4v) is 1.80. The molecule has 0 bridgehead atoms. The molecule has 1 aromatic rings. The molecule has 0 aliphatic carbocycles. The Hall–Kier alpha value is -0.210. The van der Waals surface area contributed by atoms with Crippen LogP contribution in [0.3, 0.4) is 0 Å². The molecule has 0 N–H and O–H groups in total. The lowest BCUT2D eigenvalue weighted by molar-refractivity contribution is 0.405. The van der Waals surface area contributed by atoms with Gasteiger partial charge in [-0.15, -0.1) is 0 Å². The molecule has 0 heterocycles. The predicted octanol–water partition coefficient (Wildman–Crippen LogP) is 4.31. The lowest BCUT2D eigenvalue weighted by atomic mass is 9.98. The van der Waals surface area contributed by atoms with E-state index >= 15 is 0 Å². The van der Waals surface area contributed by atoms with Crippen LogP contribution in [0.1, 0.15) is 19.4 Å². The van der Waals surface area contributed by atoms with Crippen molar-refractivity contribution in [3.8, 4) is 5.75 Å². The molecule has 15 heavy (non-hydrogen) atoms. The smallest absolute Gasteiger partial charge is 0.122 e. The van der Waals surface area contributed by atoms with Gasteiger partial charge in [0.15, 0.2) is 0 Å². The van der Waals surface area contributed by atoms with Crippen molar-refractivity contribution < 1.29 is 4.74 Å². The van der Waals surface area contributed by atoms with Gasteiger partial charge >= 0.3 is 0 Å². The second kappa shape index (κ2) is 5.76. The molecule has 0 spiro atoms. The van der Waals surface area contributed by atoms with Crippen LogP contribution in [0.4, 0.5) is 0 Å². The second-order valence-corrected chi connectivity index (χ2v) is 5.70. The number of alkyl halides is 1. The zero-order chi connectivity index (χ0) is 11.4. The average Bonchev–Trinajstić information content (AvgIpc) is 2.18. The number of hydrogen-bond acceptors (Lipinski definition) is 1. The van der Waals surface area contributed by atoms with E-state index in [1.54, 1.807) is 7.11 Å². The molecule has 0 fully saturated rings. The fourth-order valence-electron chi connectivity index (χ4n) is 1.42. The minimum atomic E-state index is 0.487. The van der Waals surface area contributed by atoms with Crippen molar-refractivity contribution in [1.29, 1.82) is 0 Å². The summed E-state index contributed by atoms with van der Waals surface area (Å²) < 4.78 is 5.31. The van der Waals surface area contributed by atoms with E-state index < -0.39 is 0 Å². The largest absolute Gasteiger partial charge is 0.496 e. The summed E-state index contributed by atoms with van der Waals surface area (Å²) in [6.07, 6.45) is 0.968. The molecule has 1 nitrogen and oxygen atoms in total.